The molecule has 0 saturated carbocycles. The molecule has 9 heteroatoms. The quantitative estimate of drug-likeness (QED) is 0.732. The maximum absolute atomic E-state index is 12.8. The minimum absolute atomic E-state index is 0.251. The number of nitrogens with one attached hydrogen (secondary N) is 1. The number of hydrogen-bond donors (Lipinski definition) is 2. The van der Waals surface area contributed by atoms with E-state index in [1.54, 1.807) is 31.2 Å². The molecule has 27 heavy (non-hydrogen) atoms. The number of primary amides is 1. The first kappa shape index (κ1) is 20.7. The molecule has 0 aromatic heterocycles. The van der Waals surface area contributed by atoms with E-state index in [1.807, 2.05) is 0 Å². The Morgan fingerprint density at radius 3 is 2.11 bits per heavy atom. The van der Waals surface area contributed by atoms with Crippen molar-refractivity contribution < 1.29 is 18.0 Å². The van der Waals surface area contributed by atoms with Gasteiger partial charge in [-0.15, -0.1) is 0 Å². The van der Waals surface area contributed by atoms with Gasteiger partial charge in [0.1, 0.15) is 6.04 Å². The first-order valence-electron chi connectivity index (χ1n) is 8.09. The molecule has 0 aliphatic heterocycles. The normalized spacial score (nSPS) is 12.3. The minimum Gasteiger partial charge on any atom is -0.366 e. The van der Waals surface area contributed by atoms with E-state index >= 15 is 0 Å². The molecule has 7 nitrogen and oxygen atoms in total. The van der Waals surface area contributed by atoms with E-state index in [9.17, 15) is 18.0 Å². The van der Waals surface area contributed by atoms with Gasteiger partial charge in [0.05, 0.1) is 11.9 Å². The fourth-order valence-corrected chi connectivity index (χ4v) is 3.93. The van der Waals surface area contributed by atoms with Crippen molar-refractivity contribution in [1.82, 2.24) is 0 Å². The maximum atomic E-state index is 12.8. The summed E-state index contributed by atoms with van der Waals surface area (Å²) in [5.41, 5.74) is 6.26. The Morgan fingerprint density at radius 2 is 1.67 bits per heavy atom. The number of rotatable bonds is 7. The highest BCUT2D eigenvalue weighted by Crippen LogP contribution is 2.25. The lowest BCUT2D eigenvalue weighted by atomic mass is 10.1. The lowest BCUT2D eigenvalue weighted by Gasteiger charge is -2.30. The van der Waals surface area contributed by atoms with Gasteiger partial charge in [-0.25, -0.2) is 8.42 Å². The van der Waals surface area contributed by atoms with E-state index < -0.39 is 27.9 Å². The Hall–Kier alpha value is -2.58. The van der Waals surface area contributed by atoms with Gasteiger partial charge >= 0.3 is 0 Å². The molecule has 0 aliphatic rings. The molecule has 0 radical (unpaired) electrons. The van der Waals surface area contributed by atoms with Crippen LogP contribution in [0.1, 0.15) is 23.7 Å². The van der Waals surface area contributed by atoms with Gasteiger partial charge in [0, 0.05) is 16.3 Å². The van der Waals surface area contributed by atoms with Gasteiger partial charge in [0.15, 0.2) is 0 Å². The zero-order valence-corrected chi connectivity index (χ0v) is 16.4. The molecule has 0 saturated heterocycles. The lowest BCUT2D eigenvalue weighted by molar-refractivity contribution is -0.117. The lowest BCUT2D eigenvalue weighted by Crippen LogP contribution is -2.47. The fourth-order valence-electron chi connectivity index (χ4n) is 2.59. The summed E-state index contributed by atoms with van der Waals surface area (Å²) in [4.78, 5) is 23.9. The van der Waals surface area contributed by atoms with Gasteiger partial charge in [0.2, 0.25) is 21.8 Å². The van der Waals surface area contributed by atoms with E-state index in [0.29, 0.717) is 22.0 Å². The molecule has 2 aromatic carbocycles. The van der Waals surface area contributed by atoms with Crippen molar-refractivity contribution in [2.75, 3.05) is 15.9 Å². The molecule has 144 valence electrons. The second-order valence-electron chi connectivity index (χ2n) is 5.89. The highest BCUT2D eigenvalue weighted by Gasteiger charge is 2.31. The topological polar surface area (TPSA) is 110 Å². The first-order valence-corrected chi connectivity index (χ1v) is 10.3. The maximum Gasteiger partial charge on any atom is 0.248 e. The van der Waals surface area contributed by atoms with Crippen molar-refractivity contribution in [3.05, 3.63) is 59.1 Å². The third kappa shape index (κ3) is 5.21. The van der Waals surface area contributed by atoms with Crippen LogP contribution in [0.2, 0.25) is 5.02 Å². The van der Waals surface area contributed by atoms with Gasteiger partial charge < -0.3 is 11.1 Å². The SMILES string of the molecule is CC[C@H](C(=O)Nc1ccc(C(N)=O)cc1)N(c1ccc(Cl)cc1)S(C)(=O)=O. The molecule has 2 rings (SSSR count). The van der Waals surface area contributed by atoms with Gasteiger partial charge in [-0.05, 0) is 55.0 Å². The van der Waals surface area contributed by atoms with Crippen LogP contribution in [-0.2, 0) is 14.8 Å². The molecule has 0 heterocycles. The molecule has 1 atom stereocenters. The van der Waals surface area contributed by atoms with Crippen LogP contribution in [0.4, 0.5) is 11.4 Å². The monoisotopic (exact) mass is 409 g/mol. The Labute approximate surface area is 163 Å². The highest BCUT2D eigenvalue weighted by atomic mass is 35.5. The molecular weight excluding hydrogens is 390 g/mol. The molecule has 0 spiro atoms. The van der Waals surface area contributed by atoms with Crippen molar-refractivity contribution in [3.8, 4) is 0 Å². The number of sulfonamides is 1. The number of nitrogens with zero attached hydrogens (tertiary/aromatic N) is 1. The summed E-state index contributed by atoms with van der Waals surface area (Å²) in [5, 5.41) is 3.13. The van der Waals surface area contributed by atoms with Gasteiger partial charge in [-0.2, -0.15) is 0 Å². The summed E-state index contributed by atoms with van der Waals surface area (Å²) in [6, 6.07) is 11.2. The van der Waals surface area contributed by atoms with Crippen LogP contribution < -0.4 is 15.4 Å². The Morgan fingerprint density at radius 1 is 1.11 bits per heavy atom. The van der Waals surface area contributed by atoms with E-state index in [-0.39, 0.29) is 6.42 Å². The number of carbonyl (C=O) groups excluding carboxylic acids is 2. The smallest absolute Gasteiger partial charge is 0.248 e. The highest BCUT2D eigenvalue weighted by molar-refractivity contribution is 7.92. The van der Waals surface area contributed by atoms with Crippen molar-refractivity contribution in [2.45, 2.75) is 19.4 Å². The molecular formula is C18H20ClN3O4S. The third-order valence-electron chi connectivity index (χ3n) is 3.85. The second kappa shape index (κ2) is 8.41. The molecule has 0 unspecified atom stereocenters. The van der Waals surface area contributed by atoms with Crippen molar-refractivity contribution in [1.29, 1.82) is 0 Å². The zero-order valence-electron chi connectivity index (χ0n) is 14.8. The molecule has 0 fully saturated rings. The molecule has 0 aliphatic carbocycles. The second-order valence-corrected chi connectivity index (χ2v) is 8.19. The van der Waals surface area contributed by atoms with Crippen molar-refractivity contribution >= 4 is 44.8 Å². The molecule has 2 aromatic rings. The van der Waals surface area contributed by atoms with E-state index in [0.717, 1.165) is 10.6 Å². The molecule has 3 N–H and O–H groups in total. The Bertz CT molecular complexity index is 928. The summed E-state index contributed by atoms with van der Waals surface area (Å²) in [7, 11) is -3.73. The van der Waals surface area contributed by atoms with E-state index in [2.05, 4.69) is 5.32 Å². The number of nitrogens with two attached hydrogens (primary N) is 1. The van der Waals surface area contributed by atoms with Crippen LogP contribution in [0.5, 0.6) is 0 Å². The number of hydrogen-bond acceptors (Lipinski definition) is 4. The van der Waals surface area contributed by atoms with Crippen LogP contribution in [0.25, 0.3) is 0 Å². The molecule has 0 bridgehead atoms. The Kier molecular flexibility index (Phi) is 6.45. The van der Waals surface area contributed by atoms with Gasteiger partial charge in [-0.3, -0.25) is 13.9 Å². The van der Waals surface area contributed by atoms with E-state index in [1.165, 1.54) is 24.3 Å². The predicted molar refractivity (Wildman–Crippen MR) is 106 cm³/mol. The van der Waals surface area contributed by atoms with E-state index in [4.69, 9.17) is 17.3 Å². The largest absolute Gasteiger partial charge is 0.366 e. The average Bonchev–Trinajstić information content (AvgIpc) is 2.60. The number of amides is 2. The van der Waals surface area contributed by atoms with Crippen LogP contribution in [0, 0.1) is 0 Å². The van der Waals surface area contributed by atoms with Crippen molar-refractivity contribution in [2.24, 2.45) is 5.73 Å². The summed E-state index contributed by atoms with van der Waals surface area (Å²) in [5.74, 6) is -1.07. The van der Waals surface area contributed by atoms with Crippen LogP contribution in [-0.4, -0.2) is 32.5 Å². The summed E-state index contributed by atoms with van der Waals surface area (Å²) >= 11 is 5.87. The fraction of sp³-hybridized carbons (Fsp3) is 0.222. The molecule has 2 amide bonds. The average molecular weight is 410 g/mol. The standard InChI is InChI=1S/C18H20ClN3O4S/c1-3-16(18(24)21-14-8-4-12(5-9-14)17(20)23)22(27(2,25)26)15-10-6-13(19)7-11-15/h4-11,16H,3H2,1-2H3,(H2,20,23)(H,21,24)/t16-/m1/s1. The third-order valence-corrected chi connectivity index (χ3v) is 5.28. The Balaban J connectivity index is 2.31. The predicted octanol–water partition coefficient (Wildman–Crippen LogP) is 2.62. The van der Waals surface area contributed by atoms with Crippen LogP contribution in [0.3, 0.4) is 0 Å². The number of carbonyl (C=O) groups is 2. The van der Waals surface area contributed by atoms with Gasteiger partial charge in [0.25, 0.3) is 0 Å². The zero-order chi connectivity index (χ0) is 20.2. The number of anilines is 2. The van der Waals surface area contributed by atoms with Crippen LogP contribution in [0.15, 0.2) is 48.5 Å². The number of benzene rings is 2. The summed E-state index contributed by atoms with van der Waals surface area (Å²) < 4.78 is 25.8. The minimum atomic E-state index is -3.73. The van der Waals surface area contributed by atoms with Crippen molar-refractivity contribution in [3.63, 3.8) is 0 Å². The van der Waals surface area contributed by atoms with Gasteiger partial charge in [-0.1, -0.05) is 18.5 Å². The summed E-state index contributed by atoms with van der Waals surface area (Å²) in [6.45, 7) is 1.72. The first-order chi connectivity index (χ1) is 12.6. The van der Waals surface area contributed by atoms with Crippen LogP contribution >= 0.6 is 11.6 Å². The number of halogens is 1. The summed E-state index contributed by atoms with van der Waals surface area (Å²) in [6.07, 6.45) is 1.29.